The van der Waals surface area contributed by atoms with Crippen LogP contribution < -0.4 is 0 Å². The second-order valence-corrected chi connectivity index (χ2v) is 4.30. The van der Waals surface area contributed by atoms with Gasteiger partial charge in [-0.05, 0) is 13.3 Å². The van der Waals surface area contributed by atoms with Crippen LogP contribution in [0.1, 0.15) is 40.5 Å². The lowest BCUT2D eigenvalue weighted by Crippen LogP contribution is -2.44. The van der Waals surface area contributed by atoms with Gasteiger partial charge in [0.05, 0.1) is 12.7 Å². The molecule has 1 rings (SSSR count). The first-order valence-corrected chi connectivity index (χ1v) is 4.83. The van der Waals surface area contributed by atoms with Gasteiger partial charge in [-0.3, -0.25) is 0 Å². The fourth-order valence-corrected chi connectivity index (χ4v) is 1.26. The highest BCUT2D eigenvalue weighted by Gasteiger charge is 2.34. The summed E-state index contributed by atoms with van der Waals surface area (Å²) in [6.07, 6.45) is 2.49. The van der Waals surface area contributed by atoms with Gasteiger partial charge < -0.3 is 9.47 Å². The van der Waals surface area contributed by atoms with Crippen molar-refractivity contribution in [2.24, 2.45) is 5.41 Å². The van der Waals surface area contributed by atoms with E-state index in [1.165, 1.54) is 0 Å². The topological polar surface area (TPSA) is 18.5 Å². The van der Waals surface area contributed by atoms with Crippen molar-refractivity contribution in [2.75, 3.05) is 6.61 Å². The molecule has 0 unspecified atom stereocenters. The predicted molar refractivity (Wildman–Crippen MR) is 49.0 cm³/mol. The minimum atomic E-state index is 0.0398. The maximum Gasteiger partial charge on any atom is 0.157 e. The Morgan fingerprint density at radius 1 is 1.42 bits per heavy atom. The lowest BCUT2D eigenvalue weighted by molar-refractivity contribution is -0.256. The third kappa shape index (κ3) is 2.20. The third-order valence-electron chi connectivity index (χ3n) is 2.62. The molecular weight excluding hydrogens is 152 g/mol. The average molecular weight is 172 g/mol. The summed E-state index contributed by atoms with van der Waals surface area (Å²) >= 11 is 0. The highest BCUT2D eigenvalue weighted by atomic mass is 16.7. The van der Waals surface area contributed by atoms with Crippen LogP contribution in [0.2, 0.25) is 0 Å². The summed E-state index contributed by atoms with van der Waals surface area (Å²) in [5.41, 5.74) is 0.171. The zero-order chi connectivity index (χ0) is 9.19. The molecule has 1 saturated heterocycles. The molecule has 1 aliphatic rings. The van der Waals surface area contributed by atoms with Gasteiger partial charge in [-0.1, -0.05) is 27.2 Å². The van der Waals surface area contributed by atoms with Crippen LogP contribution in [-0.4, -0.2) is 19.0 Å². The Labute approximate surface area is 75.2 Å². The first-order valence-electron chi connectivity index (χ1n) is 4.83. The second kappa shape index (κ2) is 3.75. The number of hydrogen-bond donors (Lipinski definition) is 0. The van der Waals surface area contributed by atoms with Gasteiger partial charge in [0.1, 0.15) is 0 Å². The van der Waals surface area contributed by atoms with Gasteiger partial charge in [0.15, 0.2) is 6.29 Å². The predicted octanol–water partition coefficient (Wildman–Crippen LogP) is 2.57. The van der Waals surface area contributed by atoms with Gasteiger partial charge in [-0.25, -0.2) is 0 Å². The molecule has 0 spiro atoms. The van der Waals surface area contributed by atoms with E-state index in [0.717, 1.165) is 19.4 Å². The molecule has 0 aromatic heterocycles. The Balaban J connectivity index is 2.41. The molecule has 2 atom stereocenters. The number of hydrogen-bond acceptors (Lipinski definition) is 2. The van der Waals surface area contributed by atoms with E-state index in [2.05, 4.69) is 27.7 Å². The standard InChI is InChI=1S/C10H20O2/c1-5-6-9-11-7-10(3,4)8(2)12-9/h8-9H,5-7H2,1-4H3/t8-,9-/m0/s1. The van der Waals surface area contributed by atoms with Crippen LogP contribution >= 0.6 is 0 Å². The zero-order valence-corrected chi connectivity index (χ0v) is 8.59. The van der Waals surface area contributed by atoms with Crippen molar-refractivity contribution in [3.05, 3.63) is 0 Å². The van der Waals surface area contributed by atoms with Crippen molar-refractivity contribution < 1.29 is 9.47 Å². The first-order chi connectivity index (χ1) is 5.56. The third-order valence-corrected chi connectivity index (χ3v) is 2.62. The maximum absolute atomic E-state index is 5.72. The van der Waals surface area contributed by atoms with Crippen LogP contribution in [0.25, 0.3) is 0 Å². The number of ether oxygens (including phenoxy) is 2. The van der Waals surface area contributed by atoms with Crippen molar-refractivity contribution in [2.45, 2.75) is 52.9 Å². The molecule has 0 radical (unpaired) electrons. The highest BCUT2D eigenvalue weighted by Crippen LogP contribution is 2.30. The Morgan fingerprint density at radius 3 is 2.58 bits per heavy atom. The minimum absolute atomic E-state index is 0.0398. The molecule has 0 saturated carbocycles. The van der Waals surface area contributed by atoms with Crippen molar-refractivity contribution in [3.63, 3.8) is 0 Å². The smallest absolute Gasteiger partial charge is 0.157 e. The van der Waals surface area contributed by atoms with Crippen molar-refractivity contribution in [1.29, 1.82) is 0 Å². The molecule has 0 bridgehead atoms. The quantitative estimate of drug-likeness (QED) is 0.637. The molecule has 1 heterocycles. The Hall–Kier alpha value is -0.0800. The number of rotatable bonds is 2. The van der Waals surface area contributed by atoms with E-state index in [9.17, 15) is 0 Å². The van der Waals surface area contributed by atoms with Crippen LogP contribution in [-0.2, 0) is 9.47 Å². The molecule has 0 amide bonds. The van der Waals surface area contributed by atoms with E-state index >= 15 is 0 Å². The summed E-state index contributed by atoms with van der Waals surface area (Å²) in [6.45, 7) is 9.46. The monoisotopic (exact) mass is 172 g/mol. The fraction of sp³-hybridized carbons (Fsp3) is 1.00. The van der Waals surface area contributed by atoms with Crippen LogP contribution in [0.5, 0.6) is 0 Å². The Bertz CT molecular complexity index is 143. The molecule has 0 aromatic rings. The van der Waals surface area contributed by atoms with Crippen LogP contribution in [0.4, 0.5) is 0 Å². The summed E-state index contributed by atoms with van der Waals surface area (Å²) in [5.74, 6) is 0. The molecule has 72 valence electrons. The molecule has 2 heteroatoms. The lowest BCUT2D eigenvalue weighted by atomic mass is 9.87. The normalized spacial score (nSPS) is 35.0. The summed E-state index contributed by atoms with van der Waals surface area (Å²) in [6, 6.07) is 0. The second-order valence-electron chi connectivity index (χ2n) is 4.30. The summed E-state index contributed by atoms with van der Waals surface area (Å²) < 4.78 is 11.3. The van der Waals surface area contributed by atoms with E-state index in [1.807, 2.05) is 0 Å². The molecule has 0 aromatic carbocycles. The fourth-order valence-electron chi connectivity index (χ4n) is 1.26. The van der Waals surface area contributed by atoms with E-state index in [1.54, 1.807) is 0 Å². The maximum atomic E-state index is 5.72. The first kappa shape index (κ1) is 10.0. The average Bonchev–Trinajstić information content (AvgIpc) is 1.98. The molecular formula is C10H20O2. The van der Waals surface area contributed by atoms with Gasteiger partial charge in [0, 0.05) is 5.41 Å². The molecule has 12 heavy (non-hydrogen) atoms. The van der Waals surface area contributed by atoms with Crippen molar-refractivity contribution in [1.82, 2.24) is 0 Å². The van der Waals surface area contributed by atoms with E-state index in [0.29, 0.717) is 6.10 Å². The summed E-state index contributed by atoms with van der Waals surface area (Å²) in [7, 11) is 0. The molecule has 2 nitrogen and oxygen atoms in total. The zero-order valence-electron chi connectivity index (χ0n) is 8.59. The van der Waals surface area contributed by atoms with Crippen molar-refractivity contribution in [3.8, 4) is 0 Å². The lowest BCUT2D eigenvalue weighted by Gasteiger charge is -2.40. The Morgan fingerprint density at radius 2 is 2.08 bits per heavy atom. The van der Waals surface area contributed by atoms with E-state index < -0.39 is 0 Å². The van der Waals surface area contributed by atoms with Crippen molar-refractivity contribution >= 4 is 0 Å². The molecule has 1 fully saturated rings. The van der Waals surface area contributed by atoms with Crippen LogP contribution in [0.3, 0.4) is 0 Å². The summed E-state index contributed by atoms with van der Waals surface area (Å²) in [4.78, 5) is 0. The van der Waals surface area contributed by atoms with Gasteiger partial charge >= 0.3 is 0 Å². The SMILES string of the molecule is CCC[C@H]1OCC(C)(C)[C@H](C)O1. The Kier molecular flexibility index (Phi) is 3.13. The molecule has 0 N–H and O–H groups in total. The van der Waals surface area contributed by atoms with Crippen LogP contribution in [0.15, 0.2) is 0 Å². The van der Waals surface area contributed by atoms with Gasteiger partial charge in [0.2, 0.25) is 0 Å². The molecule has 1 aliphatic heterocycles. The highest BCUT2D eigenvalue weighted by molar-refractivity contribution is 4.79. The molecule has 0 aliphatic carbocycles. The van der Waals surface area contributed by atoms with E-state index in [-0.39, 0.29) is 11.7 Å². The van der Waals surface area contributed by atoms with Gasteiger partial charge in [-0.15, -0.1) is 0 Å². The summed E-state index contributed by atoms with van der Waals surface area (Å²) in [5, 5.41) is 0. The minimum Gasteiger partial charge on any atom is -0.352 e. The largest absolute Gasteiger partial charge is 0.352 e. The van der Waals surface area contributed by atoms with Gasteiger partial charge in [0.25, 0.3) is 0 Å². The van der Waals surface area contributed by atoms with Crippen LogP contribution in [0, 0.1) is 5.41 Å². The van der Waals surface area contributed by atoms with Gasteiger partial charge in [-0.2, -0.15) is 0 Å². The van der Waals surface area contributed by atoms with E-state index in [4.69, 9.17) is 9.47 Å².